The molecule has 1 aromatic heterocycles. The predicted octanol–water partition coefficient (Wildman–Crippen LogP) is 2.25. The van der Waals surface area contributed by atoms with Gasteiger partial charge in [0, 0.05) is 5.92 Å². The van der Waals surface area contributed by atoms with Crippen molar-refractivity contribution in [3.05, 3.63) is 11.7 Å². The van der Waals surface area contributed by atoms with Gasteiger partial charge in [-0.25, -0.2) is 0 Å². The Bertz CT molecular complexity index is 396. The molecule has 1 atom stereocenters. The lowest BCUT2D eigenvalue weighted by Gasteiger charge is -2.14. The van der Waals surface area contributed by atoms with Crippen LogP contribution in [0.15, 0.2) is 4.52 Å². The highest BCUT2D eigenvalue weighted by atomic mass is 16.5. The van der Waals surface area contributed by atoms with E-state index in [2.05, 4.69) is 10.1 Å². The molecule has 1 saturated carbocycles. The predicted molar refractivity (Wildman–Crippen MR) is 60.5 cm³/mol. The minimum absolute atomic E-state index is 0.0848. The van der Waals surface area contributed by atoms with Crippen molar-refractivity contribution in [3.8, 4) is 0 Å². The maximum absolute atomic E-state index is 11.8. The molecular formula is C12H18N2O3. The number of carbonyl (C=O) groups is 1. The van der Waals surface area contributed by atoms with Crippen molar-refractivity contribution in [1.29, 1.82) is 0 Å². The largest absolute Gasteiger partial charge is 0.465 e. The zero-order valence-corrected chi connectivity index (χ0v) is 10.5. The van der Waals surface area contributed by atoms with Gasteiger partial charge in [-0.3, -0.25) is 4.79 Å². The van der Waals surface area contributed by atoms with Gasteiger partial charge in [0.25, 0.3) is 0 Å². The van der Waals surface area contributed by atoms with Gasteiger partial charge in [-0.2, -0.15) is 4.98 Å². The smallest absolute Gasteiger partial charge is 0.318 e. The molecule has 1 aliphatic carbocycles. The molecule has 0 aliphatic heterocycles. The van der Waals surface area contributed by atoms with Crippen molar-refractivity contribution < 1.29 is 14.1 Å². The molecule has 0 bridgehead atoms. The summed E-state index contributed by atoms with van der Waals surface area (Å²) in [4.78, 5) is 16.1. The van der Waals surface area contributed by atoms with E-state index in [0.29, 0.717) is 18.4 Å². The van der Waals surface area contributed by atoms with E-state index in [0.717, 1.165) is 18.7 Å². The molecule has 0 spiro atoms. The van der Waals surface area contributed by atoms with Crippen LogP contribution in [0.3, 0.4) is 0 Å². The van der Waals surface area contributed by atoms with E-state index in [1.807, 2.05) is 13.8 Å². The number of hydrogen-bond donors (Lipinski definition) is 0. The number of aromatic nitrogens is 2. The average molecular weight is 238 g/mol. The summed E-state index contributed by atoms with van der Waals surface area (Å²) >= 11 is 0. The Morgan fingerprint density at radius 2 is 2.24 bits per heavy atom. The van der Waals surface area contributed by atoms with Crippen LogP contribution in [0.5, 0.6) is 0 Å². The molecule has 1 unspecified atom stereocenters. The van der Waals surface area contributed by atoms with Gasteiger partial charge in [0.1, 0.15) is 5.92 Å². The fourth-order valence-electron chi connectivity index (χ4n) is 1.77. The van der Waals surface area contributed by atoms with E-state index < -0.39 is 5.92 Å². The van der Waals surface area contributed by atoms with Crippen molar-refractivity contribution in [2.24, 2.45) is 5.92 Å². The molecule has 0 saturated heterocycles. The first kappa shape index (κ1) is 12.1. The second kappa shape index (κ2) is 4.85. The fraction of sp³-hybridized carbons (Fsp3) is 0.750. The van der Waals surface area contributed by atoms with Crippen molar-refractivity contribution in [2.45, 2.75) is 45.4 Å². The van der Waals surface area contributed by atoms with Crippen molar-refractivity contribution >= 4 is 5.97 Å². The van der Waals surface area contributed by atoms with Gasteiger partial charge >= 0.3 is 5.97 Å². The summed E-state index contributed by atoms with van der Waals surface area (Å²) in [5.74, 6) is 0.905. The minimum Gasteiger partial charge on any atom is -0.465 e. The van der Waals surface area contributed by atoms with Crippen LogP contribution in [0.4, 0.5) is 0 Å². The van der Waals surface area contributed by atoms with Crippen LogP contribution < -0.4 is 0 Å². The Hall–Kier alpha value is -1.39. The SMILES string of the molecule is CCOC(=O)C(c1nc(C2CC2)no1)C(C)C. The molecule has 94 valence electrons. The molecule has 1 aromatic rings. The Labute approximate surface area is 101 Å². The van der Waals surface area contributed by atoms with E-state index in [1.165, 1.54) is 0 Å². The molecule has 1 aliphatic rings. The summed E-state index contributed by atoms with van der Waals surface area (Å²) in [5.41, 5.74) is 0. The van der Waals surface area contributed by atoms with E-state index >= 15 is 0 Å². The van der Waals surface area contributed by atoms with Crippen LogP contribution >= 0.6 is 0 Å². The number of nitrogens with zero attached hydrogens (tertiary/aromatic N) is 2. The summed E-state index contributed by atoms with van der Waals surface area (Å²) in [6.07, 6.45) is 2.23. The van der Waals surface area contributed by atoms with E-state index in [1.54, 1.807) is 6.92 Å². The lowest BCUT2D eigenvalue weighted by molar-refractivity contribution is -0.146. The summed E-state index contributed by atoms with van der Waals surface area (Å²) in [6.45, 7) is 6.05. The number of ether oxygens (including phenoxy) is 1. The highest BCUT2D eigenvalue weighted by Gasteiger charge is 2.34. The third-order valence-electron chi connectivity index (χ3n) is 2.87. The normalized spacial score (nSPS) is 17.2. The number of esters is 1. The van der Waals surface area contributed by atoms with Gasteiger partial charge in [-0.15, -0.1) is 0 Å². The van der Waals surface area contributed by atoms with Gasteiger partial charge in [-0.05, 0) is 25.7 Å². The van der Waals surface area contributed by atoms with Crippen LogP contribution in [0.2, 0.25) is 0 Å². The molecule has 5 nitrogen and oxygen atoms in total. The number of hydrogen-bond acceptors (Lipinski definition) is 5. The van der Waals surface area contributed by atoms with Crippen LogP contribution in [0, 0.1) is 5.92 Å². The molecule has 0 aromatic carbocycles. The molecule has 17 heavy (non-hydrogen) atoms. The zero-order valence-electron chi connectivity index (χ0n) is 10.5. The molecule has 0 amide bonds. The fourth-order valence-corrected chi connectivity index (χ4v) is 1.77. The Balaban J connectivity index is 2.15. The molecule has 0 N–H and O–H groups in total. The van der Waals surface area contributed by atoms with E-state index in [4.69, 9.17) is 9.26 Å². The summed E-state index contributed by atoms with van der Waals surface area (Å²) in [5, 5.41) is 3.93. The molecule has 2 rings (SSSR count). The monoisotopic (exact) mass is 238 g/mol. The maximum atomic E-state index is 11.8. The van der Waals surface area contributed by atoms with Crippen molar-refractivity contribution in [2.75, 3.05) is 6.61 Å². The highest BCUT2D eigenvalue weighted by molar-refractivity contribution is 5.77. The molecule has 1 fully saturated rings. The third-order valence-corrected chi connectivity index (χ3v) is 2.87. The lowest BCUT2D eigenvalue weighted by Crippen LogP contribution is -2.21. The summed E-state index contributed by atoms with van der Waals surface area (Å²) in [7, 11) is 0. The summed E-state index contributed by atoms with van der Waals surface area (Å²) < 4.78 is 10.2. The number of rotatable bonds is 5. The minimum atomic E-state index is -0.449. The van der Waals surface area contributed by atoms with E-state index in [-0.39, 0.29) is 11.9 Å². The second-order valence-corrected chi connectivity index (χ2v) is 4.74. The van der Waals surface area contributed by atoms with Gasteiger partial charge in [0.05, 0.1) is 6.61 Å². The topological polar surface area (TPSA) is 65.2 Å². The molecule has 5 heteroatoms. The Morgan fingerprint density at radius 1 is 1.53 bits per heavy atom. The van der Waals surface area contributed by atoms with E-state index in [9.17, 15) is 4.79 Å². The van der Waals surface area contributed by atoms with Crippen LogP contribution in [0.1, 0.15) is 57.2 Å². The second-order valence-electron chi connectivity index (χ2n) is 4.74. The zero-order chi connectivity index (χ0) is 12.4. The summed E-state index contributed by atoms with van der Waals surface area (Å²) in [6, 6.07) is 0. The highest BCUT2D eigenvalue weighted by Crippen LogP contribution is 2.39. The molecule has 0 radical (unpaired) electrons. The molecular weight excluding hydrogens is 220 g/mol. The quantitative estimate of drug-likeness (QED) is 0.736. The Kier molecular flexibility index (Phi) is 3.45. The van der Waals surface area contributed by atoms with Crippen LogP contribution in [0.25, 0.3) is 0 Å². The van der Waals surface area contributed by atoms with Crippen LogP contribution in [-0.2, 0) is 9.53 Å². The maximum Gasteiger partial charge on any atom is 0.318 e. The first-order valence-electron chi connectivity index (χ1n) is 6.13. The Morgan fingerprint density at radius 3 is 2.76 bits per heavy atom. The standard InChI is InChI=1S/C12H18N2O3/c1-4-16-12(15)9(7(2)3)11-13-10(14-17-11)8-5-6-8/h7-9H,4-6H2,1-3H3. The lowest BCUT2D eigenvalue weighted by atomic mass is 9.96. The first-order chi connectivity index (χ1) is 8.13. The van der Waals surface area contributed by atoms with Crippen molar-refractivity contribution in [3.63, 3.8) is 0 Å². The molecule has 1 heterocycles. The number of carbonyl (C=O) groups excluding carboxylic acids is 1. The van der Waals surface area contributed by atoms with Gasteiger partial charge < -0.3 is 9.26 Å². The average Bonchev–Trinajstić information content (AvgIpc) is 3.00. The van der Waals surface area contributed by atoms with Gasteiger partial charge in [-0.1, -0.05) is 19.0 Å². The van der Waals surface area contributed by atoms with Crippen molar-refractivity contribution in [1.82, 2.24) is 10.1 Å². The van der Waals surface area contributed by atoms with Gasteiger partial charge in [0.15, 0.2) is 5.82 Å². The first-order valence-corrected chi connectivity index (χ1v) is 6.13. The third kappa shape index (κ3) is 2.65. The van der Waals surface area contributed by atoms with Gasteiger partial charge in [0.2, 0.25) is 5.89 Å². The van der Waals surface area contributed by atoms with Crippen LogP contribution in [-0.4, -0.2) is 22.7 Å².